The Balaban J connectivity index is 1.86. The number of pyridine rings is 1. The molecule has 0 radical (unpaired) electrons. The first-order valence-electron chi connectivity index (χ1n) is 6.95. The molecule has 0 fully saturated rings. The fourth-order valence-electron chi connectivity index (χ4n) is 2.29. The first kappa shape index (κ1) is 15.0. The van der Waals surface area contributed by atoms with Crippen LogP contribution in [0.1, 0.15) is 5.56 Å². The maximum absolute atomic E-state index is 13.2. The number of hydrogen-bond donors (Lipinski definition) is 2. The Labute approximate surface area is 130 Å². The van der Waals surface area contributed by atoms with Crippen molar-refractivity contribution < 1.29 is 13.5 Å². The number of aromatic amines is 1. The first-order chi connectivity index (χ1) is 11.1. The average molecular weight is 316 g/mol. The summed E-state index contributed by atoms with van der Waals surface area (Å²) in [5.74, 6) is -1.19. The number of halogens is 2. The van der Waals surface area contributed by atoms with Crippen molar-refractivity contribution in [1.82, 2.24) is 4.98 Å². The van der Waals surface area contributed by atoms with Gasteiger partial charge in [-0.15, -0.1) is 0 Å². The summed E-state index contributed by atoms with van der Waals surface area (Å²) < 4.78 is 31.2. The first-order valence-corrected chi connectivity index (χ1v) is 6.95. The highest BCUT2D eigenvalue weighted by Crippen LogP contribution is 2.19. The summed E-state index contributed by atoms with van der Waals surface area (Å²) in [5.41, 5.74) is 1.32. The number of anilines is 1. The summed E-state index contributed by atoms with van der Waals surface area (Å²) in [4.78, 5) is 14.9. The lowest BCUT2D eigenvalue weighted by atomic mass is 10.1. The Morgan fingerprint density at radius 1 is 1.09 bits per heavy atom. The molecular weight excluding hydrogens is 302 g/mol. The molecule has 2 N–H and O–H groups in total. The van der Waals surface area contributed by atoms with Crippen molar-refractivity contribution in [2.75, 3.05) is 12.4 Å². The van der Waals surface area contributed by atoms with E-state index in [0.29, 0.717) is 22.5 Å². The van der Waals surface area contributed by atoms with Crippen LogP contribution < -0.4 is 15.6 Å². The highest BCUT2D eigenvalue weighted by atomic mass is 19.2. The van der Waals surface area contributed by atoms with E-state index in [1.54, 1.807) is 25.3 Å². The highest BCUT2D eigenvalue weighted by Gasteiger charge is 2.06. The van der Waals surface area contributed by atoms with Crippen LogP contribution in [-0.4, -0.2) is 12.1 Å². The maximum atomic E-state index is 13.2. The highest BCUT2D eigenvalue weighted by molar-refractivity contribution is 5.80. The number of rotatable bonds is 4. The summed E-state index contributed by atoms with van der Waals surface area (Å²) in [6.45, 7) is 0.197. The molecule has 0 aliphatic carbocycles. The minimum Gasteiger partial charge on any atom is -0.497 e. The van der Waals surface area contributed by atoms with Crippen molar-refractivity contribution in [3.8, 4) is 5.75 Å². The van der Waals surface area contributed by atoms with Crippen LogP contribution in [0.3, 0.4) is 0 Å². The summed E-state index contributed by atoms with van der Waals surface area (Å²) in [6, 6.07) is 10.6. The smallest absolute Gasteiger partial charge is 0.253 e. The lowest BCUT2D eigenvalue weighted by Crippen LogP contribution is -2.15. The molecule has 0 bridgehead atoms. The summed E-state index contributed by atoms with van der Waals surface area (Å²) in [6.07, 6.45) is 0. The van der Waals surface area contributed by atoms with E-state index in [2.05, 4.69) is 10.3 Å². The van der Waals surface area contributed by atoms with Crippen LogP contribution in [0.25, 0.3) is 10.9 Å². The van der Waals surface area contributed by atoms with Crippen LogP contribution in [0, 0.1) is 11.6 Å². The van der Waals surface area contributed by atoms with Crippen LogP contribution in [0.4, 0.5) is 14.5 Å². The van der Waals surface area contributed by atoms with Gasteiger partial charge in [-0.1, -0.05) is 0 Å². The van der Waals surface area contributed by atoms with Gasteiger partial charge in [0.1, 0.15) is 5.75 Å². The number of hydrogen-bond acceptors (Lipinski definition) is 3. The molecule has 0 saturated carbocycles. The lowest BCUT2D eigenvalue weighted by Gasteiger charge is -2.08. The van der Waals surface area contributed by atoms with Gasteiger partial charge < -0.3 is 15.0 Å². The zero-order valence-corrected chi connectivity index (χ0v) is 12.3. The molecule has 118 valence electrons. The van der Waals surface area contributed by atoms with Crippen molar-refractivity contribution in [1.29, 1.82) is 0 Å². The van der Waals surface area contributed by atoms with Gasteiger partial charge in [-0.2, -0.15) is 0 Å². The normalized spacial score (nSPS) is 10.7. The van der Waals surface area contributed by atoms with Gasteiger partial charge in [-0.25, -0.2) is 8.78 Å². The second kappa shape index (κ2) is 6.08. The van der Waals surface area contributed by atoms with E-state index in [4.69, 9.17) is 4.74 Å². The molecule has 0 spiro atoms. The molecule has 0 aliphatic heterocycles. The van der Waals surface area contributed by atoms with Crippen molar-refractivity contribution in [3.63, 3.8) is 0 Å². The number of nitrogens with one attached hydrogen (secondary N) is 2. The minimum absolute atomic E-state index is 0.197. The Bertz CT molecular complexity index is 922. The molecule has 0 unspecified atom stereocenters. The third-order valence-electron chi connectivity index (χ3n) is 3.53. The molecule has 2 aromatic carbocycles. The molecule has 0 amide bonds. The topological polar surface area (TPSA) is 54.1 Å². The molecule has 1 heterocycles. The number of methoxy groups -OCH3 is 1. The lowest BCUT2D eigenvalue weighted by molar-refractivity contribution is 0.415. The van der Waals surface area contributed by atoms with E-state index in [1.807, 2.05) is 6.07 Å². The predicted octanol–water partition coefficient (Wildman–Crippen LogP) is 3.43. The van der Waals surface area contributed by atoms with Crippen LogP contribution in [0.2, 0.25) is 0 Å². The fraction of sp³-hybridized carbons (Fsp3) is 0.118. The Morgan fingerprint density at radius 2 is 1.91 bits per heavy atom. The van der Waals surface area contributed by atoms with Crippen LogP contribution in [0.15, 0.2) is 47.3 Å². The van der Waals surface area contributed by atoms with Gasteiger partial charge in [0.2, 0.25) is 0 Å². The maximum Gasteiger partial charge on any atom is 0.253 e. The fourth-order valence-corrected chi connectivity index (χ4v) is 2.29. The number of aromatic nitrogens is 1. The van der Waals surface area contributed by atoms with Gasteiger partial charge in [-0.3, -0.25) is 4.79 Å². The molecule has 6 heteroatoms. The zero-order chi connectivity index (χ0) is 16.4. The van der Waals surface area contributed by atoms with E-state index in [-0.39, 0.29) is 12.1 Å². The van der Waals surface area contributed by atoms with Crippen LogP contribution in [0.5, 0.6) is 5.75 Å². The van der Waals surface area contributed by atoms with Gasteiger partial charge in [0.25, 0.3) is 5.56 Å². The van der Waals surface area contributed by atoms with E-state index >= 15 is 0 Å². The number of benzene rings is 2. The second-order valence-electron chi connectivity index (χ2n) is 5.06. The molecule has 0 aliphatic rings. The quantitative estimate of drug-likeness (QED) is 0.775. The standard InChI is InChI=1S/C17H14F2N2O2/c1-23-13-4-2-10-6-11(17(22)21-16(10)8-13)9-20-12-3-5-14(18)15(19)7-12/h2-8,20H,9H2,1H3,(H,21,22). The average Bonchev–Trinajstić information content (AvgIpc) is 2.55. The van der Waals surface area contributed by atoms with Crippen molar-refractivity contribution in [2.24, 2.45) is 0 Å². The molecule has 0 atom stereocenters. The Hall–Kier alpha value is -2.89. The van der Waals surface area contributed by atoms with Crippen LogP contribution >= 0.6 is 0 Å². The predicted molar refractivity (Wildman–Crippen MR) is 84.8 cm³/mol. The third-order valence-corrected chi connectivity index (χ3v) is 3.53. The SMILES string of the molecule is COc1ccc2cc(CNc3ccc(F)c(F)c3)c(=O)[nH]c2c1. The van der Waals surface area contributed by atoms with Gasteiger partial charge in [-0.05, 0) is 35.7 Å². The molecular formula is C17H14F2N2O2. The number of ether oxygens (including phenoxy) is 1. The van der Waals surface area contributed by atoms with Gasteiger partial charge in [0.15, 0.2) is 11.6 Å². The molecule has 4 nitrogen and oxygen atoms in total. The monoisotopic (exact) mass is 316 g/mol. The number of H-pyrrole nitrogens is 1. The molecule has 0 saturated heterocycles. The van der Waals surface area contributed by atoms with Gasteiger partial charge >= 0.3 is 0 Å². The molecule has 3 aromatic rings. The van der Waals surface area contributed by atoms with E-state index in [1.165, 1.54) is 6.07 Å². The Kier molecular flexibility index (Phi) is 3.97. The van der Waals surface area contributed by atoms with Crippen LogP contribution in [-0.2, 0) is 6.54 Å². The van der Waals surface area contributed by atoms with Crippen molar-refractivity contribution in [3.05, 3.63) is 70.0 Å². The van der Waals surface area contributed by atoms with Gasteiger partial charge in [0, 0.05) is 29.9 Å². The van der Waals surface area contributed by atoms with E-state index < -0.39 is 11.6 Å². The largest absolute Gasteiger partial charge is 0.497 e. The minimum atomic E-state index is -0.936. The summed E-state index contributed by atoms with van der Waals surface area (Å²) in [5, 5.41) is 3.76. The summed E-state index contributed by atoms with van der Waals surface area (Å²) >= 11 is 0. The second-order valence-corrected chi connectivity index (χ2v) is 5.06. The van der Waals surface area contributed by atoms with Crippen molar-refractivity contribution >= 4 is 16.6 Å². The van der Waals surface area contributed by atoms with E-state index in [0.717, 1.165) is 17.5 Å². The molecule has 1 aromatic heterocycles. The molecule has 3 rings (SSSR count). The summed E-state index contributed by atoms with van der Waals surface area (Å²) in [7, 11) is 1.55. The number of fused-ring (bicyclic) bond motifs is 1. The third kappa shape index (κ3) is 3.15. The van der Waals surface area contributed by atoms with Gasteiger partial charge in [0.05, 0.1) is 12.6 Å². The van der Waals surface area contributed by atoms with E-state index in [9.17, 15) is 13.6 Å². The Morgan fingerprint density at radius 3 is 2.65 bits per heavy atom. The zero-order valence-electron chi connectivity index (χ0n) is 12.3. The molecule has 23 heavy (non-hydrogen) atoms. The van der Waals surface area contributed by atoms with Crippen molar-refractivity contribution in [2.45, 2.75) is 6.54 Å².